The Labute approximate surface area is 170 Å². The van der Waals surface area contributed by atoms with Gasteiger partial charge in [-0.1, -0.05) is 26.0 Å². The number of hydrogen-bond acceptors (Lipinski definition) is 4. The van der Waals surface area contributed by atoms with Crippen LogP contribution < -0.4 is 5.32 Å². The molecule has 0 saturated carbocycles. The molecule has 0 bridgehead atoms. The molecule has 2 aromatic rings. The van der Waals surface area contributed by atoms with Gasteiger partial charge >= 0.3 is 0 Å². The van der Waals surface area contributed by atoms with E-state index < -0.39 is 21.7 Å². The standard InChI is InChI=1S/C21H25FN2O4S/c1-3-15(2)16-4-6-17(7-5-16)23-21(25)19-14-18(8-9-20(19)22)29(26,27)24-10-12-28-13-11-24/h4-9,14-15H,3,10-13H2,1-2H3,(H,23,25)/t15-/m1/s1. The maximum atomic E-state index is 14.3. The number of anilines is 1. The van der Waals surface area contributed by atoms with Crippen molar-refractivity contribution >= 4 is 21.6 Å². The third-order valence-corrected chi connectivity index (χ3v) is 7.03. The van der Waals surface area contributed by atoms with E-state index >= 15 is 0 Å². The SMILES string of the molecule is CC[C@@H](C)c1ccc(NC(=O)c2cc(S(=O)(=O)N3CCOCC3)ccc2F)cc1. The van der Waals surface area contributed by atoms with E-state index in [2.05, 4.69) is 19.2 Å². The normalized spacial score (nSPS) is 16.4. The molecule has 1 aliphatic rings. The molecule has 1 amide bonds. The van der Waals surface area contributed by atoms with E-state index in [1.165, 1.54) is 10.4 Å². The Morgan fingerprint density at radius 3 is 2.45 bits per heavy atom. The average molecular weight is 421 g/mol. The van der Waals surface area contributed by atoms with Crippen molar-refractivity contribution in [1.82, 2.24) is 4.31 Å². The van der Waals surface area contributed by atoms with E-state index in [0.717, 1.165) is 24.1 Å². The maximum Gasteiger partial charge on any atom is 0.258 e. The Balaban J connectivity index is 1.81. The number of nitrogens with one attached hydrogen (secondary N) is 1. The van der Waals surface area contributed by atoms with Gasteiger partial charge in [0.25, 0.3) is 5.91 Å². The number of benzene rings is 2. The van der Waals surface area contributed by atoms with Gasteiger partial charge in [-0.05, 0) is 48.2 Å². The van der Waals surface area contributed by atoms with Crippen LogP contribution in [0.15, 0.2) is 47.4 Å². The van der Waals surface area contributed by atoms with Crippen molar-refractivity contribution in [3.05, 3.63) is 59.4 Å². The third kappa shape index (κ3) is 4.83. The van der Waals surface area contributed by atoms with Gasteiger partial charge in [-0.25, -0.2) is 12.8 Å². The predicted molar refractivity (Wildman–Crippen MR) is 109 cm³/mol. The Morgan fingerprint density at radius 1 is 1.17 bits per heavy atom. The zero-order chi connectivity index (χ0) is 21.0. The first kappa shape index (κ1) is 21.4. The molecule has 8 heteroatoms. The van der Waals surface area contributed by atoms with Crippen molar-refractivity contribution in [3.63, 3.8) is 0 Å². The number of carbonyl (C=O) groups excluding carboxylic acids is 1. The van der Waals surface area contributed by atoms with Crippen LogP contribution >= 0.6 is 0 Å². The van der Waals surface area contributed by atoms with Gasteiger partial charge in [0, 0.05) is 18.8 Å². The first-order valence-electron chi connectivity index (χ1n) is 9.61. The highest BCUT2D eigenvalue weighted by Gasteiger charge is 2.28. The zero-order valence-corrected chi connectivity index (χ0v) is 17.3. The highest BCUT2D eigenvalue weighted by molar-refractivity contribution is 7.89. The number of amides is 1. The molecule has 1 saturated heterocycles. The fourth-order valence-electron chi connectivity index (χ4n) is 3.10. The summed E-state index contributed by atoms with van der Waals surface area (Å²) in [6.45, 7) is 5.28. The zero-order valence-electron chi connectivity index (χ0n) is 16.5. The van der Waals surface area contributed by atoms with Crippen LogP contribution in [0, 0.1) is 5.82 Å². The van der Waals surface area contributed by atoms with E-state index in [9.17, 15) is 17.6 Å². The smallest absolute Gasteiger partial charge is 0.258 e. The Bertz CT molecular complexity index is 971. The Kier molecular flexibility index (Phi) is 6.66. The molecule has 0 aliphatic carbocycles. The second kappa shape index (κ2) is 9.02. The highest BCUT2D eigenvalue weighted by atomic mass is 32.2. The molecule has 0 unspecified atom stereocenters. The molecule has 1 N–H and O–H groups in total. The quantitative estimate of drug-likeness (QED) is 0.775. The molecule has 0 aromatic heterocycles. The maximum absolute atomic E-state index is 14.3. The lowest BCUT2D eigenvalue weighted by Crippen LogP contribution is -2.40. The Hall–Kier alpha value is -2.29. The summed E-state index contributed by atoms with van der Waals surface area (Å²) in [7, 11) is -3.82. The minimum Gasteiger partial charge on any atom is -0.379 e. The number of hydrogen-bond donors (Lipinski definition) is 1. The summed E-state index contributed by atoms with van der Waals surface area (Å²) in [4.78, 5) is 12.5. The van der Waals surface area contributed by atoms with Crippen molar-refractivity contribution < 1.29 is 22.3 Å². The summed E-state index contributed by atoms with van der Waals surface area (Å²) in [6.07, 6.45) is 1.00. The molecule has 0 radical (unpaired) electrons. The van der Waals surface area contributed by atoms with Crippen LogP contribution in [0.5, 0.6) is 0 Å². The average Bonchev–Trinajstić information content (AvgIpc) is 2.74. The van der Waals surface area contributed by atoms with Crippen LogP contribution in [0.4, 0.5) is 10.1 Å². The van der Waals surface area contributed by atoms with E-state index in [-0.39, 0.29) is 23.5 Å². The van der Waals surface area contributed by atoms with Crippen molar-refractivity contribution in [2.24, 2.45) is 0 Å². The van der Waals surface area contributed by atoms with Gasteiger partial charge in [0.05, 0.1) is 23.7 Å². The fourth-order valence-corrected chi connectivity index (χ4v) is 4.54. The lowest BCUT2D eigenvalue weighted by Gasteiger charge is -2.26. The van der Waals surface area contributed by atoms with Crippen molar-refractivity contribution in [2.45, 2.75) is 31.1 Å². The third-order valence-electron chi connectivity index (χ3n) is 5.14. The second-order valence-corrected chi connectivity index (χ2v) is 8.98. The number of carbonyl (C=O) groups is 1. The fraction of sp³-hybridized carbons (Fsp3) is 0.381. The minimum absolute atomic E-state index is 0.113. The predicted octanol–water partition coefficient (Wildman–Crippen LogP) is 3.61. The number of nitrogens with zero attached hydrogens (tertiary/aromatic N) is 1. The van der Waals surface area contributed by atoms with Crippen LogP contribution in [0.2, 0.25) is 0 Å². The molecule has 0 spiro atoms. The number of halogens is 1. The van der Waals surface area contributed by atoms with Crippen molar-refractivity contribution in [1.29, 1.82) is 0 Å². The Morgan fingerprint density at radius 2 is 1.83 bits per heavy atom. The molecule has 6 nitrogen and oxygen atoms in total. The number of rotatable bonds is 6. The second-order valence-electron chi connectivity index (χ2n) is 7.04. The molecule has 1 aliphatic heterocycles. The van der Waals surface area contributed by atoms with Crippen LogP contribution in [0.25, 0.3) is 0 Å². The van der Waals surface area contributed by atoms with Crippen molar-refractivity contribution in [3.8, 4) is 0 Å². The summed E-state index contributed by atoms with van der Waals surface area (Å²) >= 11 is 0. The molecule has 3 rings (SSSR count). The summed E-state index contributed by atoms with van der Waals surface area (Å²) in [5.41, 5.74) is 1.35. The monoisotopic (exact) mass is 420 g/mol. The van der Waals surface area contributed by atoms with Gasteiger partial charge in [0.1, 0.15) is 5.82 Å². The summed E-state index contributed by atoms with van der Waals surface area (Å²) in [5.74, 6) is -1.07. The molecular weight excluding hydrogens is 395 g/mol. The number of morpholine rings is 1. The van der Waals surface area contributed by atoms with Gasteiger partial charge < -0.3 is 10.1 Å². The molecule has 1 fully saturated rings. The first-order valence-corrected chi connectivity index (χ1v) is 11.1. The number of ether oxygens (including phenoxy) is 1. The van der Waals surface area contributed by atoms with Crippen LogP contribution in [-0.4, -0.2) is 44.9 Å². The summed E-state index contributed by atoms with van der Waals surface area (Å²) < 4.78 is 46.3. The van der Waals surface area contributed by atoms with Gasteiger partial charge in [-0.2, -0.15) is 4.31 Å². The van der Waals surface area contributed by atoms with E-state index in [1.54, 1.807) is 12.1 Å². The van der Waals surface area contributed by atoms with Crippen LogP contribution in [0.3, 0.4) is 0 Å². The molecule has 1 heterocycles. The molecule has 2 aromatic carbocycles. The molecule has 1 atom stereocenters. The van der Waals surface area contributed by atoms with E-state index in [4.69, 9.17) is 4.74 Å². The van der Waals surface area contributed by atoms with Crippen molar-refractivity contribution in [2.75, 3.05) is 31.6 Å². The summed E-state index contributed by atoms with van der Waals surface area (Å²) in [5, 5.41) is 2.63. The van der Waals surface area contributed by atoms with E-state index in [0.29, 0.717) is 24.8 Å². The number of sulfonamides is 1. The highest BCUT2D eigenvalue weighted by Crippen LogP contribution is 2.23. The van der Waals surface area contributed by atoms with E-state index in [1.807, 2.05) is 12.1 Å². The van der Waals surface area contributed by atoms with Gasteiger partial charge in [-0.3, -0.25) is 4.79 Å². The molecule has 156 valence electrons. The topological polar surface area (TPSA) is 75.7 Å². The lowest BCUT2D eigenvalue weighted by molar-refractivity contribution is 0.0730. The van der Waals surface area contributed by atoms with Gasteiger partial charge in [-0.15, -0.1) is 0 Å². The summed E-state index contributed by atoms with van der Waals surface area (Å²) in [6, 6.07) is 10.6. The first-order chi connectivity index (χ1) is 13.8. The molecule has 29 heavy (non-hydrogen) atoms. The lowest BCUT2D eigenvalue weighted by atomic mass is 9.98. The van der Waals surface area contributed by atoms with Gasteiger partial charge in [0.15, 0.2) is 0 Å². The van der Waals surface area contributed by atoms with Crippen LogP contribution in [-0.2, 0) is 14.8 Å². The largest absolute Gasteiger partial charge is 0.379 e. The van der Waals surface area contributed by atoms with Crippen LogP contribution in [0.1, 0.15) is 42.1 Å². The minimum atomic E-state index is -3.82. The van der Waals surface area contributed by atoms with Gasteiger partial charge in [0.2, 0.25) is 10.0 Å². The molecular formula is C21H25FN2O4S.